The van der Waals surface area contributed by atoms with Gasteiger partial charge in [-0.1, -0.05) is 18.2 Å². The van der Waals surface area contributed by atoms with Crippen molar-refractivity contribution < 1.29 is 9.53 Å². The van der Waals surface area contributed by atoms with Gasteiger partial charge in [-0.2, -0.15) is 0 Å². The minimum atomic E-state index is -0.800. The molecule has 5 N–H and O–H groups in total. The van der Waals surface area contributed by atoms with Gasteiger partial charge in [-0.3, -0.25) is 4.79 Å². The summed E-state index contributed by atoms with van der Waals surface area (Å²) in [4.78, 5) is 16.1. The van der Waals surface area contributed by atoms with E-state index in [1.165, 1.54) is 0 Å². The van der Waals surface area contributed by atoms with Crippen LogP contribution in [0.1, 0.15) is 52.0 Å². The molecule has 0 bridgehead atoms. The van der Waals surface area contributed by atoms with E-state index in [2.05, 4.69) is 74.0 Å². The molecule has 0 saturated carbocycles. The van der Waals surface area contributed by atoms with Crippen molar-refractivity contribution in [3.05, 3.63) is 81.9 Å². The van der Waals surface area contributed by atoms with E-state index in [-0.39, 0.29) is 5.91 Å². The topological polar surface area (TPSA) is 91.6 Å². The molecule has 1 amide bonds. The molecule has 194 valence electrons. The van der Waals surface area contributed by atoms with Crippen molar-refractivity contribution in [2.24, 2.45) is 5.73 Å². The third-order valence-corrected chi connectivity index (χ3v) is 7.42. The van der Waals surface area contributed by atoms with Crippen LogP contribution in [0.2, 0.25) is 0 Å². The van der Waals surface area contributed by atoms with Gasteiger partial charge in [-0.05, 0) is 62.6 Å². The Balaban J connectivity index is 1.81. The zero-order valence-corrected chi connectivity index (χ0v) is 22.2. The molecule has 0 radical (unpaired) electrons. The number of nitrogens with zero attached hydrogens (tertiary/aromatic N) is 1. The Morgan fingerprint density at radius 2 is 1.46 bits per heavy atom. The van der Waals surface area contributed by atoms with Crippen molar-refractivity contribution in [3.8, 4) is 11.5 Å². The van der Waals surface area contributed by atoms with E-state index in [1.807, 2.05) is 23.1 Å². The largest absolute Gasteiger partial charge is 0.456 e. The van der Waals surface area contributed by atoms with Crippen molar-refractivity contribution in [1.29, 1.82) is 0 Å². The summed E-state index contributed by atoms with van der Waals surface area (Å²) in [6.45, 7) is 12.5. The molecular weight excluding hydrogens is 462 g/mol. The van der Waals surface area contributed by atoms with Crippen LogP contribution in [-0.4, -0.2) is 50.1 Å². The summed E-state index contributed by atoms with van der Waals surface area (Å²) >= 11 is 0. The number of rotatable bonds is 9. The molecule has 0 aromatic heterocycles. The highest BCUT2D eigenvalue weighted by Gasteiger charge is 2.56. The second-order valence-electron chi connectivity index (χ2n) is 9.74. The van der Waals surface area contributed by atoms with E-state index < -0.39 is 5.54 Å². The van der Waals surface area contributed by atoms with E-state index in [9.17, 15) is 4.79 Å². The van der Waals surface area contributed by atoms with Crippen LogP contribution in [-0.2, 0) is 5.54 Å². The predicted molar refractivity (Wildman–Crippen MR) is 150 cm³/mol. The first-order chi connectivity index (χ1) is 18.0. The van der Waals surface area contributed by atoms with Crippen molar-refractivity contribution in [1.82, 2.24) is 10.2 Å². The molecule has 0 saturated heterocycles. The maximum atomic E-state index is 14.1. The summed E-state index contributed by atoms with van der Waals surface area (Å²) in [6.07, 6.45) is 0. The van der Waals surface area contributed by atoms with Crippen molar-refractivity contribution in [2.45, 2.75) is 33.2 Å². The number of nitrogens with one attached hydrogen (secondary N) is 3. The number of hydrogen-bond acceptors (Lipinski definition) is 6. The quantitative estimate of drug-likeness (QED) is 0.323. The maximum absolute atomic E-state index is 14.1. The van der Waals surface area contributed by atoms with Gasteiger partial charge >= 0.3 is 0 Å². The van der Waals surface area contributed by atoms with Crippen LogP contribution in [0.25, 0.3) is 0 Å². The van der Waals surface area contributed by atoms with E-state index in [4.69, 9.17) is 10.5 Å². The molecular formula is C30H37N5O2. The number of carbonyl (C=O) groups is 1. The van der Waals surface area contributed by atoms with Crippen molar-refractivity contribution in [2.75, 3.05) is 49.9 Å². The third-order valence-electron chi connectivity index (χ3n) is 7.42. The summed E-state index contributed by atoms with van der Waals surface area (Å²) in [6, 6.07) is 16.6. The van der Waals surface area contributed by atoms with Crippen LogP contribution in [0.3, 0.4) is 0 Å². The zero-order chi connectivity index (χ0) is 26.2. The van der Waals surface area contributed by atoms with Gasteiger partial charge in [0.2, 0.25) is 0 Å². The second-order valence-corrected chi connectivity index (χ2v) is 9.74. The van der Waals surface area contributed by atoms with E-state index in [0.717, 1.165) is 69.3 Å². The number of benzene rings is 3. The molecule has 7 nitrogen and oxygen atoms in total. The molecule has 2 aliphatic heterocycles. The molecule has 0 fully saturated rings. The summed E-state index contributed by atoms with van der Waals surface area (Å²) in [5.74, 6) is 1.57. The molecule has 5 rings (SSSR count). The van der Waals surface area contributed by atoms with Crippen LogP contribution >= 0.6 is 0 Å². The molecule has 37 heavy (non-hydrogen) atoms. The number of carbonyl (C=O) groups excluding carboxylic acids is 1. The van der Waals surface area contributed by atoms with Crippen molar-refractivity contribution >= 4 is 17.3 Å². The molecule has 2 heterocycles. The van der Waals surface area contributed by atoms with E-state index in [0.29, 0.717) is 26.2 Å². The zero-order valence-electron chi connectivity index (χ0n) is 22.2. The summed E-state index contributed by atoms with van der Waals surface area (Å²) in [5, 5.41) is 10.3. The lowest BCUT2D eigenvalue weighted by Gasteiger charge is -2.45. The minimum absolute atomic E-state index is 0.0331. The highest BCUT2D eigenvalue weighted by molar-refractivity contribution is 6.02. The Hall–Kier alpha value is -3.55. The SMILES string of the molecule is CCNc1cc2c(cc1C)C1(c3cc(C)c(NCC)cc3O2)c2ccccc2C(=O)N1CCNCCN. The number of amides is 1. The lowest BCUT2D eigenvalue weighted by atomic mass is 9.73. The van der Waals surface area contributed by atoms with Gasteiger partial charge in [0.05, 0.1) is 0 Å². The molecule has 1 spiro atoms. The average molecular weight is 500 g/mol. The Bertz CT molecular complexity index is 1270. The van der Waals surface area contributed by atoms with Crippen LogP contribution in [0.15, 0.2) is 48.5 Å². The Labute approximate surface area is 219 Å². The summed E-state index contributed by atoms with van der Waals surface area (Å²) in [5.41, 5.74) is 12.9. The number of fused-ring (bicyclic) bond motifs is 6. The Morgan fingerprint density at radius 3 is 2.03 bits per heavy atom. The van der Waals surface area contributed by atoms with Gasteiger partial charge in [0.1, 0.15) is 17.0 Å². The van der Waals surface area contributed by atoms with Crippen molar-refractivity contribution in [3.63, 3.8) is 0 Å². The van der Waals surface area contributed by atoms with Crippen LogP contribution < -0.4 is 26.4 Å². The average Bonchev–Trinajstić information content (AvgIpc) is 3.13. The standard InChI is InChI=1S/C30H37N5O2/c1-5-33-25-17-27-23(15-19(25)3)30(24-16-20(4)26(34-6-2)18-28(24)37-27)22-10-8-7-9-21(22)29(36)35(30)14-13-32-12-11-31/h7-10,15-18,32-34H,5-6,11-14,31H2,1-4H3. The monoisotopic (exact) mass is 499 g/mol. The normalized spacial score (nSPS) is 14.7. The predicted octanol–water partition coefficient (Wildman–Crippen LogP) is 4.57. The van der Waals surface area contributed by atoms with Crippen LogP contribution in [0, 0.1) is 13.8 Å². The van der Waals surface area contributed by atoms with Gasteiger partial charge in [0.25, 0.3) is 5.91 Å². The summed E-state index contributed by atoms with van der Waals surface area (Å²) < 4.78 is 6.64. The molecule has 7 heteroatoms. The highest BCUT2D eigenvalue weighted by atomic mass is 16.5. The first-order valence-corrected chi connectivity index (χ1v) is 13.2. The number of aryl methyl sites for hydroxylation is 2. The number of ether oxygens (including phenoxy) is 1. The fourth-order valence-corrected chi connectivity index (χ4v) is 5.83. The minimum Gasteiger partial charge on any atom is -0.456 e. The number of nitrogens with two attached hydrogens (primary N) is 1. The van der Waals surface area contributed by atoms with E-state index in [1.54, 1.807) is 0 Å². The van der Waals surface area contributed by atoms with Gasteiger partial charge in [-0.15, -0.1) is 0 Å². The summed E-state index contributed by atoms with van der Waals surface area (Å²) in [7, 11) is 0. The second kappa shape index (κ2) is 10.1. The molecule has 2 aliphatic rings. The highest BCUT2D eigenvalue weighted by Crippen LogP contribution is 2.58. The maximum Gasteiger partial charge on any atom is 0.255 e. The molecule has 0 atom stereocenters. The van der Waals surface area contributed by atoms with Crippen LogP contribution in [0.5, 0.6) is 11.5 Å². The Kier molecular flexibility index (Phi) is 6.84. The molecule has 0 aliphatic carbocycles. The number of hydrogen-bond donors (Lipinski definition) is 4. The van der Waals surface area contributed by atoms with Gasteiger partial charge < -0.3 is 31.3 Å². The first-order valence-electron chi connectivity index (χ1n) is 13.2. The molecule has 3 aromatic rings. The lowest BCUT2D eigenvalue weighted by Crippen LogP contribution is -2.49. The third kappa shape index (κ3) is 3.93. The fourth-order valence-electron chi connectivity index (χ4n) is 5.83. The van der Waals surface area contributed by atoms with Gasteiger partial charge in [0.15, 0.2) is 0 Å². The van der Waals surface area contributed by atoms with Gasteiger partial charge in [-0.25, -0.2) is 0 Å². The molecule has 3 aromatic carbocycles. The van der Waals surface area contributed by atoms with E-state index >= 15 is 0 Å². The Morgan fingerprint density at radius 1 is 0.865 bits per heavy atom. The first kappa shape index (κ1) is 25.1. The lowest BCUT2D eigenvalue weighted by molar-refractivity contribution is 0.0668. The fraction of sp³-hybridized carbons (Fsp3) is 0.367. The number of anilines is 2. The smallest absolute Gasteiger partial charge is 0.255 e. The van der Waals surface area contributed by atoms with Crippen LogP contribution in [0.4, 0.5) is 11.4 Å². The molecule has 0 unspecified atom stereocenters. The van der Waals surface area contributed by atoms with Gasteiger partial charge in [0, 0.05) is 79.5 Å².